The van der Waals surface area contributed by atoms with Crippen LogP contribution in [0.15, 0.2) is 91.5 Å². The lowest BCUT2D eigenvalue weighted by atomic mass is 10.0. The lowest BCUT2D eigenvalue weighted by molar-refractivity contribution is -0.0623. The van der Waals surface area contributed by atoms with Crippen LogP contribution in [0, 0.1) is 5.82 Å². The first-order valence-corrected chi connectivity index (χ1v) is 13.2. The number of imidazole rings is 1. The van der Waals surface area contributed by atoms with E-state index in [1.807, 2.05) is 36.2 Å². The molecule has 5 aromatic rings. The molecule has 1 N–H and O–H groups in total. The van der Waals surface area contributed by atoms with Gasteiger partial charge in [0.05, 0.1) is 25.6 Å². The second-order valence-corrected chi connectivity index (χ2v) is 10.0. The normalized spacial score (nSPS) is 18.8. The maximum Gasteiger partial charge on any atom is 0.167 e. The lowest BCUT2D eigenvalue weighted by Crippen LogP contribution is -2.20. The SMILES string of the molecule is CN(Cc1cccc(F)c1)c1ncnc2c1ncn2[C@@H]1O[C@H](COCc2ccc(-c3ccccc3)cc2)C[C@H]1O. The Kier molecular flexibility index (Phi) is 7.50. The number of hydrogen-bond acceptors (Lipinski definition) is 7. The Morgan fingerprint density at radius 2 is 1.77 bits per heavy atom. The molecule has 0 bridgehead atoms. The Morgan fingerprint density at radius 1 is 0.975 bits per heavy atom. The van der Waals surface area contributed by atoms with Crippen molar-refractivity contribution < 1.29 is 19.0 Å². The number of rotatable bonds is 9. The Labute approximate surface area is 231 Å². The minimum Gasteiger partial charge on any atom is -0.388 e. The van der Waals surface area contributed by atoms with Gasteiger partial charge < -0.3 is 19.5 Å². The van der Waals surface area contributed by atoms with E-state index in [2.05, 4.69) is 51.4 Å². The first kappa shape index (κ1) is 26.1. The molecule has 1 fully saturated rings. The van der Waals surface area contributed by atoms with E-state index in [0.29, 0.717) is 43.2 Å². The predicted molar refractivity (Wildman–Crippen MR) is 150 cm³/mol. The summed E-state index contributed by atoms with van der Waals surface area (Å²) >= 11 is 0. The molecule has 0 aliphatic carbocycles. The van der Waals surface area contributed by atoms with Gasteiger partial charge in [0.2, 0.25) is 0 Å². The smallest absolute Gasteiger partial charge is 0.167 e. The maximum absolute atomic E-state index is 13.6. The highest BCUT2D eigenvalue weighted by atomic mass is 19.1. The fraction of sp³-hybridized carbons (Fsp3) is 0.258. The summed E-state index contributed by atoms with van der Waals surface area (Å²) < 4.78 is 27.5. The summed E-state index contributed by atoms with van der Waals surface area (Å²) in [4.78, 5) is 15.3. The van der Waals surface area contributed by atoms with E-state index in [4.69, 9.17) is 9.47 Å². The van der Waals surface area contributed by atoms with Gasteiger partial charge in [-0.15, -0.1) is 0 Å². The number of ether oxygens (including phenoxy) is 2. The molecule has 0 unspecified atom stereocenters. The zero-order chi connectivity index (χ0) is 27.5. The standard InChI is InChI=1S/C31H30FN5O3/c1-36(16-22-6-5-9-25(32)14-22)29-28-30(34-19-33-29)37(20-35-28)31-27(38)15-26(40-31)18-39-17-21-10-12-24(13-11-21)23-7-3-2-4-8-23/h2-14,19-20,26-27,31,38H,15-18H2,1H3/t26-,27+,31+/m0/s1. The zero-order valence-corrected chi connectivity index (χ0v) is 22.1. The summed E-state index contributed by atoms with van der Waals surface area (Å²) in [7, 11) is 1.87. The van der Waals surface area contributed by atoms with Crippen LogP contribution in [0.25, 0.3) is 22.3 Å². The fourth-order valence-electron chi connectivity index (χ4n) is 5.11. The minimum atomic E-state index is -0.736. The van der Waals surface area contributed by atoms with Gasteiger partial charge in [0.15, 0.2) is 23.2 Å². The summed E-state index contributed by atoms with van der Waals surface area (Å²) in [5, 5.41) is 10.8. The molecular formula is C31H30FN5O3. The average molecular weight is 540 g/mol. The molecule has 1 aliphatic heterocycles. The summed E-state index contributed by atoms with van der Waals surface area (Å²) in [6.07, 6.45) is 1.87. The molecule has 6 rings (SSSR count). The fourth-order valence-corrected chi connectivity index (χ4v) is 5.11. The molecule has 3 atom stereocenters. The number of aliphatic hydroxyl groups excluding tert-OH is 1. The van der Waals surface area contributed by atoms with Crippen LogP contribution >= 0.6 is 0 Å². The van der Waals surface area contributed by atoms with Gasteiger partial charge in [-0.05, 0) is 34.4 Å². The molecule has 1 aliphatic rings. The van der Waals surface area contributed by atoms with Crippen LogP contribution in [0.3, 0.4) is 0 Å². The van der Waals surface area contributed by atoms with E-state index in [1.54, 1.807) is 17.0 Å². The molecule has 204 valence electrons. The Bertz CT molecular complexity index is 1580. The molecule has 9 heteroatoms. The monoisotopic (exact) mass is 539 g/mol. The summed E-state index contributed by atoms with van der Waals surface area (Å²) in [6.45, 7) is 1.27. The van der Waals surface area contributed by atoms with Gasteiger partial charge in [-0.1, -0.05) is 66.7 Å². The van der Waals surface area contributed by atoms with E-state index in [9.17, 15) is 9.50 Å². The molecule has 3 aromatic carbocycles. The Hall–Kier alpha value is -4.18. The second kappa shape index (κ2) is 11.5. The number of aliphatic hydroxyl groups is 1. The number of nitrogens with zero attached hydrogens (tertiary/aromatic N) is 5. The number of anilines is 1. The third-order valence-corrected chi connectivity index (χ3v) is 7.08. The summed E-state index contributed by atoms with van der Waals surface area (Å²) in [5.41, 5.74) is 5.36. The molecule has 2 aromatic heterocycles. The second-order valence-electron chi connectivity index (χ2n) is 10.0. The summed E-state index contributed by atoms with van der Waals surface area (Å²) in [5.74, 6) is 0.327. The zero-order valence-electron chi connectivity index (χ0n) is 22.1. The maximum atomic E-state index is 13.6. The van der Waals surface area contributed by atoms with Crippen molar-refractivity contribution in [3.05, 3.63) is 108 Å². The van der Waals surface area contributed by atoms with Gasteiger partial charge >= 0.3 is 0 Å². The van der Waals surface area contributed by atoms with Crippen molar-refractivity contribution in [3.8, 4) is 11.1 Å². The van der Waals surface area contributed by atoms with Crippen molar-refractivity contribution in [1.29, 1.82) is 0 Å². The largest absolute Gasteiger partial charge is 0.388 e. The van der Waals surface area contributed by atoms with Gasteiger partial charge in [0.1, 0.15) is 18.2 Å². The van der Waals surface area contributed by atoms with Gasteiger partial charge in [-0.2, -0.15) is 0 Å². The predicted octanol–water partition coefficient (Wildman–Crippen LogP) is 5.13. The van der Waals surface area contributed by atoms with Crippen molar-refractivity contribution >= 4 is 17.0 Å². The highest BCUT2D eigenvalue weighted by Crippen LogP contribution is 2.33. The molecule has 8 nitrogen and oxygen atoms in total. The lowest BCUT2D eigenvalue weighted by Gasteiger charge is -2.19. The van der Waals surface area contributed by atoms with E-state index >= 15 is 0 Å². The van der Waals surface area contributed by atoms with Gasteiger partial charge in [-0.3, -0.25) is 4.57 Å². The van der Waals surface area contributed by atoms with Crippen molar-refractivity contribution in [3.63, 3.8) is 0 Å². The average Bonchev–Trinajstić information content (AvgIpc) is 3.56. The highest BCUT2D eigenvalue weighted by Gasteiger charge is 2.36. The quantitative estimate of drug-likeness (QED) is 0.278. The van der Waals surface area contributed by atoms with Crippen LogP contribution in [-0.4, -0.2) is 50.5 Å². The minimum absolute atomic E-state index is 0.266. The topological polar surface area (TPSA) is 85.5 Å². The van der Waals surface area contributed by atoms with Crippen LogP contribution in [0.2, 0.25) is 0 Å². The highest BCUT2D eigenvalue weighted by molar-refractivity contribution is 5.83. The van der Waals surface area contributed by atoms with Gasteiger partial charge in [-0.25, -0.2) is 19.3 Å². The van der Waals surface area contributed by atoms with Crippen molar-refractivity contribution in [2.24, 2.45) is 0 Å². The first-order chi connectivity index (χ1) is 19.5. The van der Waals surface area contributed by atoms with Crippen LogP contribution in [-0.2, 0) is 22.6 Å². The molecule has 0 radical (unpaired) electrons. The Balaban J connectivity index is 1.08. The number of halogens is 1. The molecule has 40 heavy (non-hydrogen) atoms. The molecule has 0 amide bonds. The van der Waals surface area contributed by atoms with Crippen LogP contribution in [0.4, 0.5) is 10.2 Å². The molecule has 0 saturated carbocycles. The van der Waals surface area contributed by atoms with E-state index in [-0.39, 0.29) is 11.9 Å². The van der Waals surface area contributed by atoms with Crippen LogP contribution in [0.1, 0.15) is 23.8 Å². The third-order valence-electron chi connectivity index (χ3n) is 7.08. The molecule has 3 heterocycles. The number of aromatic nitrogens is 4. The first-order valence-electron chi connectivity index (χ1n) is 13.2. The Morgan fingerprint density at radius 3 is 2.58 bits per heavy atom. The number of hydrogen-bond donors (Lipinski definition) is 1. The van der Waals surface area contributed by atoms with Crippen LogP contribution in [0.5, 0.6) is 0 Å². The van der Waals surface area contributed by atoms with Gasteiger partial charge in [0, 0.05) is 20.0 Å². The number of benzene rings is 3. The molecule has 0 spiro atoms. The van der Waals surface area contributed by atoms with Crippen LogP contribution < -0.4 is 4.90 Å². The van der Waals surface area contributed by atoms with E-state index in [0.717, 1.165) is 16.7 Å². The third kappa shape index (κ3) is 5.58. The van der Waals surface area contributed by atoms with Crippen molar-refractivity contribution in [2.75, 3.05) is 18.6 Å². The van der Waals surface area contributed by atoms with Gasteiger partial charge in [0.25, 0.3) is 0 Å². The van der Waals surface area contributed by atoms with Crippen molar-refractivity contribution in [1.82, 2.24) is 19.5 Å². The summed E-state index contributed by atoms with van der Waals surface area (Å²) in [6, 6.07) is 25.0. The number of fused-ring (bicyclic) bond motifs is 1. The van der Waals surface area contributed by atoms with Crippen molar-refractivity contribution in [2.45, 2.75) is 38.0 Å². The molecule has 1 saturated heterocycles. The van der Waals surface area contributed by atoms with E-state index in [1.165, 1.54) is 24.0 Å². The molecular weight excluding hydrogens is 509 g/mol. The van der Waals surface area contributed by atoms with E-state index < -0.39 is 12.3 Å².